The molecule has 0 saturated heterocycles. The van der Waals surface area contributed by atoms with Crippen molar-refractivity contribution in [1.29, 1.82) is 0 Å². The molecule has 0 aliphatic rings. The lowest BCUT2D eigenvalue weighted by Gasteiger charge is -2.11. The number of nitrogens with two attached hydrogens (primary N) is 1. The highest BCUT2D eigenvalue weighted by atomic mass is 32.1. The number of nitrogens with zero attached hydrogens (tertiary/aromatic N) is 1. The third-order valence-corrected chi connectivity index (χ3v) is 3.30. The zero-order valence-electron chi connectivity index (χ0n) is 11.9. The SMILES string of the molecule is Cc1cccc(=O)n1CCOc1ccc(CC(N)=S)cc1. The Morgan fingerprint density at radius 3 is 2.57 bits per heavy atom. The molecule has 5 heteroatoms. The summed E-state index contributed by atoms with van der Waals surface area (Å²) in [6, 6.07) is 12.9. The molecule has 110 valence electrons. The smallest absolute Gasteiger partial charge is 0.250 e. The molecule has 1 aromatic heterocycles. The van der Waals surface area contributed by atoms with Crippen LogP contribution in [0.2, 0.25) is 0 Å². The molecule has 2 aromatic rings. The van der Waals surface area contributed by atoms with E-state index >= 15 is 0 Å². The zero-order chi connectivity index (χ0) is 15.2. The van der Waals surface area contributed by atoms with Crippen molar-refractivity contribution in [2.24, 2.45) is 5.73 Å². The molecule has 0 bridgehead atoms. The van der Waals surface area contributed by atoms with Crippen LogP contribution in [0, 0.1) is 6.92 Å². The number of benzene rings is 1. The fourth-order valence-electron chi connectivity index (χ4n) is 2.07. The van der Waals surface area contributed by atoms with Gasteiger partial charge in [-0.2, -0.15) is 0 Å². The van der Waals surface area contributed by atoms with Gasteiger partial charge < -0.3 is 15.0 Å². The van der Waals surface area contributed by atoms with Gasteiger partial charge in [-0.15, -0.1) is 0 Å². The lowest BCUT2D eigenvalue weighted by molar-refractivity contribution is 0.295. The summed E-state index contributed by atoms with van der Waals surface area (Å²) >= 11 is 4.87. The molecule has 0 aliphatic carbocycles. The second-order valence-electron chi connectivity index (χ2n) is 4.79. The van der Waals surface area contributed by atoms with E-state index in [9.17, 15) is 4.79 Å². The van der Waals surface area contributed by atoms with Gasteiger partial charge in [0.1, 0.15) is 12.4 Å². The van der Waals surface area contributed by atoms with Crippen molar-refractivity contribution in [3.8, 4) is 5.75 Å². The maximum Gasteiger partial charge on any atom is 0.250 e. The molecule has 1 heterocycles. The number of aryl methyl sites for hydroxylation is 1. The van der Waals surface area contributed by atoms with Crippen molar-refractivity contribution in [1.82, 2.24) is 4.57 Å². The molecule has 0 saturated carbocycles. The Hall–Kier alpha value is -2.14. The lowest BCUT2D eigenvalue weighted by atomic mass is 10.1. The van der Waals surface area contributed by atoms with Crippen molar-refractivity contribution in [3.63, 3.8) is 0 Å². The van der Waals surface area contributed by atoms with Crippen LogP contribution >= 0.6 is 12.2 Å². The van der Waals surface area contributed by atoms with E-state index in [0.29, 0.717) is 24.6 Å². The van der Waals surface area contributed by atoms with Crippen LogP contribution < -0.4 is 16.0 Å². The zero-order valence-corrected chi connectivity index (χ0v) is 12.7. The topological polar surface area (TPSA) is 57.2 Å². The molecule has 0 radical (unpaired) electrons. The minimum Gasteiger partial charge on any atom is -0.492 e. The fraction of sp³-hybridized carbons (Fsp3) is 0.250. The normalized spacial score (nSPS) is 10.3. The fourth-order valence-corrected chi connectivity index (χ4v) is 2.24. The predicted molar refractivity (Wildman–Crippen MR) is 87.9 cm³/mol. The molecular formula is C16H18N2O2S. The third-order valence-electron chi connectivity index (χ3n) is 3.15. The van der Waals surface area contributed by atoms with Gasteiger partial charge in [0.25, 0.3) is 5.56 Å². The average molecular weight is 302 g/mol. The molecule has 0 spiro atoms. The van der Waals surface area contributed by atoms with E-state index in [1.165, 1.54) is 0 Å². The van der Waals surface area contributed by atoms with E-state index in [2.05, 4.69) is 0 Å². The Morgan fingerprint density at radius 2 is 1.95 bits per heavy atom. The number of pyridine rings is 1. The van der Waals surface area contributed by atoms with Gasteiger partial charge in [0.05, 0.1) is 11.5 Å². The van der Waals surface area contributed by atoms with E-state index < -0.39 is 0 Å². The Morgan fingerprint density at radius 1 is 1.24 bits per heavy atom. The first-order valence-electron chi connectivity index (χ1n) is 6.73. The molecule has 2 rings (SSSR count). The Balaban J connectivity index is 1.92. The molecule has 0 aliphatic heterocycles. The first kappa shape index (κ1) is 15.3. The first-order chi connectivity index (χ1) is 10.1. The second-order valence-corrected chi connectivity index (χ2v) is 5.32. The maximum atomic E-state index is 11.7. The number of rotatable bonds is 6. The standard InChI is InChI=1S/C16H18N2O2S/c1-12-3-2-4-16(19)18(12)9-10-20-14-7-5-13(6-8-14)11-15(17)21/h2-8H,9-11H2,1H3,(H2,17,21). The van der Waals surface area contributed by atoms with Crippen LogP contribution in [0.1, 0.15) is 11.3 Å². The first-order valence-corrected chi connectivity index (χ1v) is 7.13. The number of thiocarbonyl (C=S) groups is 1. The maximum absolute atomic E-state index is 11.7. The summed E-state index contributed by atoms with van der Waals surface area (Å²) in [5, 5.41) is 0. The Bertz CT molecular complexity index is 677. The highest BCUT2D eigenvalue weighted by Gasteiger charge is 2.01. The number of aromatic nitrogens is 1. The van der Waals surface area contributed by atoms with Gasteiger partial charge in [0.2, 0.25) is 0 Å². The molecule has 0 unspecified atom stereocenters. The molecule has 2 N–H and O–H groups in total. The molecule has 0 amide bonds. The molecule has 4 nitrogen and oxygen atoms in total. The molecular weight excluding hydrogens is 284 g/mol. The van der Waals surface area contributed by atoms with Crippen molar-refractivity contribution in [3.05, 3.63) is 64.1 Å². The molecule has 0 atom stereocenters. The van der Waals surface area contributed by atoms with Crippen LogP contribution in [0.3, 0.4) is 0 Å². The Labute approximate surface area is 129 Å². The summed E-state index contributed by atoms with van der Waals surface area (Å²) in [5.41, 5.74) is 7.48. The summed E-state index contributed by atoms with van der Waals surface area (Å²) < 4.78 is 7.35. The van der Waals surface area contributed by atoms with Crippen molar-refractivity contribution in [2.45, 2.75) is 19.9 Å². The van der Waals surface area contributed by atoms with Crippen molar-refractivity contribution in [2.75, 3.05) is 6.61 Å². The van der Waals surface area contributed by atoms with Gasteiger partial charge in [-0.1, -0.05) is 30.4 Å². The minimum atomic E-state index is -0.00888. The summed E-state index contributed by atoms with van der Waals surface area (Å²) in [4.78, 5) is 12.2. The predicted octanol–water partition coefficient (Wildman–Crippen LogP) is 2.06. The van der Waals surface area contributed by atoms with Crippen LogP contribution in [-0.2, 0) is 13.0 Å². The van der Waals surface area contributed by atoms with Crippen molar-refractivity contribution < 1.29 is 4.74 Å². The third kappa shape index (κ3) is 4.43. The van der Waals surface area contributed by atoms with E-state index in [1.54, 1.807) is 16.7 Å². The van der Waals surface area contributed by atoms with Gasteiger partial charge >= 0.3 is 0 Å². The quantitative estimate of drug-likeness (QED) is 0.830. The van der Waals surface area contributed by atoms with E-state index in [4.69, 9.17) is 22.7 Å². The number of ether oxygens (including phenoxy) is 1. The van der Waals surface area contributed by atoms with Crippen LogP contribution in [0.4, 0.5) is 0 Å². The largest absolute Gasteiger partial charge is 0.492 e. The average Bonchev–Trinajstić information content (AvgIpc) is 2.43. The van der Waals surface area contributed by atoms with Gasteiger partial charge in [0, 0.05) is 18.2 Å². The van der Waals surface area contributed by atoms with Crippen LogP contribution in [0.25, 0.3) is 0 Å². The lowest BCUT2D eigenvalue weighted by Crippen LogP contribution is -2.23. The van der Waals surface area contributed by atoms with Gasteiger partial charge in [-0.25, -0.2) is 0 Å². The van der Waals surface area contributed by atoms with Gasteiger partial charge in [-0.3, -0.25) is 4.79 Å². The molecule has 0 fully saturated rings. The second kappa shape index (κ2) is 7.04. The van der Waals surface area contributed by atoms with E-state index in [0.717, 1.165) is 17.0 Å². The summed E-state index contributed by atoms with van der Waals surface area (Å²) in [5.74, 6) is 0.767. The van der Waals surface area contributed by atoms with Crippen LogP contribution in [0.15, 0.2) is 47.3 Å². The van der Waals surface area contributed by atoms with Gasteiger partial charge in [-0.05, 0) is 30.7 Å². The van der Waals surface area contributed by atoms with Crippen LogP contribution in [0.5, 0.6) is 5.75 Å². The van der Waals surface area contributed by atoms with Crippen molar-refractivity contribution >= 4 is 17.2 Å². The highest BCUT2D eigenvalue weighted by molar-refractivity contribution is 7.80. The monoisotopic (exact) mass is 302 g/mol. The Kier molecular flexibility index (Phi) is 5.11. The number of hydrogen-bond donors (Lipinski definition) is 1. The minimum absolute atomic E-state index is 0.00888. The summed E-state index contributed by atoms with van der Waals surface area (Å²) in [6.07, 6.45) is 0.591. The van der Waals surface area contributed by atoms with E-state index in [1.807, 2.05) is 37.3 Å². The van der Waals surface area contributed by atoms with Gasteiger partial charge in [0.15, 0.2) is 0 Å². The highest BCUT2D eigenvalue weighted by Crippen LogP contribution is 2.12. The summed E-state index contributed by atoms with van der Waals surface area (Å²) in [7, 11) is 0. The number of hydrogen-bond acceptors (Lipinski definition) is 3. The molecule has 1 aromatic carbocycles. The molecule has 21 heavy (non-hydrogen) atoms. The van der Waals surface area contributed by atoms with E-state index in [-0.39, 0.29) is 5.56 Å². The van der Waals surface area contributed by atoms with Crippen LogP contribution in [-0.4, -0.2) is 16.2 Å². The summed E-state index contributed by atoms with van der Waals surface area (Å²) in [6.45, 7) is 2.88.